The van der Waals surface area contributed by atoms with E-state index in [1.54, 1.807) is 0 Å². The molecule has 10 heavy (non-hydrogen) atoms. The normalized spacial score (nSPS) is 11.8. The number of nitrogens with one attached hydrogen (secondary N) is 1. The van der Waals surface area contributed by atoms with E-state index >= 15 is 0 Å². The van der Waals surface area contributed by atoms with Gasteiger partial charge in [-0.3, -0.25) is 0 Å². The first kappa shape index (κ1) is 9.82. The number of carbonyl (C=O) groups is 1. The van der Waals surface area contributed by atoms with Gasteiger partial charge in [-0.1, -0.05) is 0 Å². The Labute approximate surface area is 65.7 Å². The highest BCUT2D eigenvalue weighted by Crippen LogP contribution is 2.00. The molecule has 0 aromatic rings. The molecule has 0 radical (unpaired) electrons. The molecule has 0 unspecified atom stereocenters. The highest BCUT2D eigenvalue weighted by atomic mass is 32.2. The van der Waals surface area contributed by atoms with Crippen LogP contribution in [-0.4, -0.2) is 23.3 Å². The van der Waals surface area contributed by atoms with E-state index in [1.165, 1.54) is 0 Å². The highest BCUT2D eigenvalue weighted by molar-refractivity contribution is 8.09. The molecule has 0 heterocycles. The van der Waals surface area contributed by atoms with Gasteiger partial charge in [-0.25, -0.2) is 4.79 Å². The quantitative estimate of drug-likeness (QED) is 0.536. The van der Waals surface area contributed by atoms with Crippen molar-refractivity contribution in [3.63, 3.8) is 0 Å². The lowest BCUT2D eigenvalue weighted by Gasteiger charge is -2.17. The molecule has 0 aliphatic heterocycles. The van der Waals surface area contributed by atoms with Gasteiger partial charge in [-0.05, 0) is 20.8 Å². The van der Waals surface area contributed by atoms with Gasteiger partial charge in [0, 0.05) is 5.54 Å². The predicted octanol–water partition coefficient (Wildman–Crippen LogP) is 1.37. The van der Waals surface area contributed by atoms with Crippen molar-refractivity contribution < 1.29 is 4.79 Å². The van der Waals surface area contributed by atoms with E-state index < -0.39 is 0 Å². The van der Waals surface area contributed by atoms with Crippen molar-refractivity contribution in [2.45, 2.75) is 26.3 Å². The SMILES string of the molecule is C[S+](C)C(=O)NC(C)(C)C. The van der Waals surface area contributed by atoms with Crippen LogP contribution in [-0.2, 0) is 10.9 Å². The van der Waals surface area contributed by atoms with E-state index in [9.17, 15) is 4.79 Å². The van der Waals surface area contributed by atoms with Gasteiger partial charge < -0.3 is 5.32 Å². The van der Waals surface area contributed by atoms with Crippen molar-refractivity contribution in [1.82, 2.24) is 5.32 Å². The lowest BCUT2D eigenvalue weighted by atomic mass is 10.1. The Morgan fingerprint density at radius 2 is 1.70 bits per heavy atom. The summed E-state index contributed by atoms with van der Waals surface area (Å²) in [5.74, 6) is 0. The van der Waals surface area contributed by atoms with Crippen molar-refractivity contribution in [2.75, 3.05) is 12.5 Å². The summed E-state index contributed by atoms with van der Waals surface area (Å²) in [5, 5.41) is 3.04. The Bertz CT molecular complexity index is 126. The zero-order valence-electron chi connectivity index (χ0n) is 7.32. The van der Waals surface area contributed by atoms with Crippen LogP contribution in [0.5, 0.6) is 0 Å². The summed E-state index contributed by atoms with van der Waals surface area (Å²) in [7, 11) is -0.157. The van der Waals surface area contributed by atoms with Gasteiger partial charge >= 0.3 is 5.24 Å². The molecule has 0 saturated heterocycles. The monoisotopic (exact) mass is 162 g/mol. The van der Waals surface area contributed by atoms with Crippen molar-refractivity contribution in [1.29, 1.82) is 0 Å². The molecule has 0 bridgehead atoms. The molecule has 0 spiro atoms. The number of rotatable bonds is 0. The van der Waals surface area contributed by atoms with Crippen LogP contribution < -0.4 is 5.32 Å². The van der Waals surface area contributed by atoms with E-state index in [1.807, 2.05) is 33.3 Å². The van der Waals surface area contributed by atoms with Crippen molar-refractivity contribution in [2.24, 2.45) is 0 Å². The predicted molar refractivity (Wildman–Crippen MR) is 47.5 cm³/mol. The Balaban J connectivity index is 3.81. The van der Waals surface area contributed by atoms with Crippen LogP contribution in [0.1, 0.15) is 20.8 Å². The Kier molecular flexibility index (Phi) is 3.22. The molecule has 60 valence electrons. The minimum Gasteiger partial charge on any atom is -0.307 e. The maximum atomic E-state index is 11.1. The van der Waals surface area contributed by atoms with Crippen molar-refractivity contribution in [3.05, 3.63) is 0 Å². The van der Waals surface area contributed by atoms with Crippen LogP contribution in [0.15, 0.2) is 0 Å². The van der Waals surface area contributed by atoms with Gasteiger partial charge in [-0.15, -0.1) is 0 Å². The van der Waals surface area contributed by atoms with Crippen LogP contribution in [0.2, 0.25) is 0 Å². The first-order valence-corrected chi connectivity index (χ1v) is 5.27. The number of hydrogen-bond acceptors (Lipinski definition) is 1. The van der Waals surface area contributed by atoms with Gasteiger partial charge in [0.2, 0.25) is 0 Å². The molecule has 0 rings (SSSR count). The number of amides is 1. The molecule has 0 aromatic heterocycles. The van der Waals surface area contributed by atoms with Gasteiger partial charge in [-0.2, -0.15) is 0 Å². The largest absolute Gasteiger partial charge is 0.429 e. The first-order valence-electron chi connectivity index (χ1n) is 3.22. The topological polar surface area (TPSA) is 29.1 Å². The molecule has 3 heteroatoms. The van der Waals surface area contributed by atoms with Crippen molar-refractivity contribution >= 4 is 16.1 Å². The Hall–Kier alpha value is -0.180. The second-order valence-corrected chi connectivity index (χ2v) is 5.48. The maximum absolute atomic E-state index is 11.1. The summed E-state index contributed by atoms with van der Waals surface area (Å²) in [5.41, 5.74) is -0.0889. The summed E-state index contributed by atoms with van der Waals surface area (Å²) < 4.78 is 0. The molecule has 2 nitrogen and oxygen atoms in total. The second kappa shape index (κ2) is 3.28. The molecule has 0 atom stereocenters. The summed E-state index contributed by atoms with van der Waals surface area (Å²) in [6.45, 7) is 5.95. The minimum absolute atomic E-state index is 0.0889. The second-order valence-electron chi connectivity index (χ2n) is 3.48. The molecular weight excluding hydrogens is 146 g/mol. The zero-order chi connectivity index (χ0) is 8.36. The van der Waals surface area contributed by atoms with Crippen LogP contribution in [0.3, 0.4) is 0 Å². The van der Waals surface area contributed by atoms with Gasteiger partial charge in [0.05, 0.1) is 10.9 Å². The molecule has 0 aliphatic carbocycles. The molecule has 0 aliphatic rings. The maximum Gasteiger partial charge on any atom is 0.429 e. The lowest BCUT2D eigenvalue weighted by molar-refractivity contribution is 0.252. The molecule has 1 amide bonds. The average Bonchev–Trinajstić information content (AvgIpc) is 1.60. The summed E-state index contributed by atoms with van der Waals surface area (Å²) in [6.07, 6.45) is 3.84. The van der Waals surface area contributed by atoms with Crippen LogP contribution in [0, 0.1) is 0 Å². The molecule has 0 fully saturated rings. The van der Waals surface area contributed by atoms with Gasteiger partial charge in [0.15, 0.2) is 0 Å². The fraction of sp³-hybridized carbons (Fsp3) is 0.857. The number of carbonyl (C=O) groups excluding carboxylic acids is 1. The van der Waals surface area contributed by atoms with E-state index in [0.29, 0.717) is 0 Å². The summed E-state index contributed by atoms with van der Waals surface area (Å²) in [6, 6.07) is 0. The van der Waals surface area contributed by atoms with E-state index in [4.69, 9.17) is 0 Å². The third kappa shape index (κ3) is 4.68. The Morgan fingerprint density at radius 1 is 1.30 bits per heavy atom. The van der Waals surface area contributed by atoms with E-state index in [-0.39, 0.29) is 21.7 Å². The third-order valence-electron chi connectivity index (χ3n) is 0.848. The fourth-order valence-corrected chi connectivity index (χ4v) is 0.919. The average molecular weight is 162 g/mol. The van der Waals surface area contributed by atoms with Gasteiger partial charge in [0.25, 0.3) is 0 Å². The molecule has 0 aromatic carbocycles. The minimum atomic E-state index is -0.157. The smallest absolute Gasteiger partial charge is 0.307 e. The van der Waals surface area contributed by atoms with Gasteiger partial charge in [0.1, 0.15) is 12.5 Å². The summed E-state index contributed by atoms with van der Waals surface area (Å²) >= 11 is 0. The zero-order valence-corrected chi connectivity index (χ0v) is 8.13. The third-order valence-corrected chi connectivity index (χ3v) is 1.69. The fourth-order valence-electron chi connectivity index (χ4n) is 0.408. The molecular formula is C7H16NOS+. The lowest BCUT2D eigenvalue weighted by Crippen LogP contribution is -2.42. The molecule has 0 saturated carbocycles. The first-order chi connectivity index (χ1) is 4.33. The van der Waals surface area contributed by atoms with Crippen LogP contribution >= 0.6 is 0 Å². The highest BCUT2D eigenvalue weighted by Gasteiger charge is 2.22. The van der Waals surface area contributed by atoms with Crippen LogP contribution in [0.25, 0.3) is 0 Å². The van der Waals surface area contributed by atoms with Crippen molar-refractivity contribution in [3.8, 4) is 0 Å². The molecule has 1 N–H and O–H groups in total. The summed E-state index contributed by atoms with van der Waals surface area (Å²) in [4.78, 5) is 11.1. The van der Waals surface area contributed by atoms with E-state index in [0.717, 1.165) is 0 Å². The van der Waals surface area contributed by atoms with E-state index in [2.05, 4.69) is 5.32 Å². The number of hydrogen-bond donors (Lipinski definition) is 1. The standard InChI is InChI=1S/C7H15NOS/c1-7(2,3)8-6(9)10(4)5/h1-5H3/p+1. The van der Waals surface area contributed by atoms with Crippen LogP contribution in [0.4, 0.5) is 4.79 Å². The Morgan fingerprint density at radius 3 is 1.80 bits per heavy atom.